The SMILES string of the molecule is CC(N[C@H]1CCCO[C@@H]1Cc1ccc2c(c1F)CN(C1CCC(=O)NC1=O)C2=O)C1CCOCC1. The smallest absolute Gasteiger partial charge is 0.255 e. The van der Waals surface area contributed by atoms with Gasteiger partial charge >= 0.3 is 0 Å². The summed E-state index contributed by atoms with van der Waals surface area (Å²) in [6.07, 6.45) is 4.74. The van der Waals surface area contributed by atoms with Crippen molar-refractivity contribution in [3.63, 3.8) is 0 Å². The van der Waals surface area contributed by atoms with E-state index in [9.17, 15) is 14.4 Å². The maximum Gasteiger partial charge on any atom is 0.255 e. The number of benzene rings is 1. The molecular formula is C26H34FN3O5. The van der Waals surface area contributed by atoms with E-state index in [2.05, 4.69) is 17.6 Å². The standard InChI is InChI=1S/C26H34FN3O5/c1-15(16-8-11-34-12-9-16)28-20-3-2-10-35-22(20)13-17-4-5-18-19(24(17)27)14-30(26(18)33)21-6-7-23(31)29-25(21)32/h4-5,15-16,20-22,28H,2-3,6-14H2,1H3,(H,29,31,32)/t15?,20-,21?,22+/m0/s1. The Labute approximate surface area is 204 Å². The highest BCUT2D eigenvalue weighted by atomic mass is 19.1. The number of hydrogen-bond acceptors (Lipinski definition) is 6. The number of imide groups is 1. The molecule has 8 nitrogen and oxygen atoms in total. The molecule has 4 atom stereocenters. The lowest BCUT2D eigenvalue weighted by Crippen LogP contribution is -2.52. The zero-order valence-corrected chi connectivity index (χ0v) is 20.2. The van der Waals surface area contributed by atoms with Gasteiger partial charge in [-0.05, 0) is 56.6 Å². The fourth-order valence-corrected chi connectivity index (χ4v) is 5.95. The van der Waals surface area contributed by atoms with E-state index in [1.165, 1.54) is 4.90 Å². The molecule has 0 aliphatic carbocycles. The van der Waals surface area contributed by atoms with Crippen LogP contribution in [0.3, 0.4) is 0 Å². The molecule has 3 saturated heterocycles. The summed E-state index contributed by atoms with van der Waals surface area (Å²) in [4.78, 5) is 38.1. The number of nitrogens with one attached hydrogen (secondary N) is 2. The predicted molar refractivity (Wildman–Crippen MR) is 125 cm³/mol. The van der Waals surface area contributed by atoms with E-state index in [-0.39, 0.29) is 43.3 Å². The first-order valence-electron chi connectivity index (χ1n) is 12.8. The van der Waals surface area contributed by atoms with Crippen molar-refractivity contribution in [2.75, 3.05) is 19.8 Å². The van der Waals surface area contributed by atoms with Gasteiger partial charge in [-0.25, -0.2) is 4.39 Å². The van der Waals surface area contributed by atoms with E-state index in [0.29, 0.717) is 41.7 Å². The highest BCUT2D eigenvalue weighted by Gasteiger charge is 2.41. The fraction of sp³-hybridized carbons (Fsp3) is 0.654. The number of halogens is 1. The lowest BCUT2D eigenvalue weighted by Gasteiger charge is -2.37. The van der Waals surface area contributed by atoms with Gasteiger partial charge < -0.3 is 19.7 Å². The van der Waals surface area contributed by atoms with Crippen LogP contribution in [-0.4, -0.2) is 66.7 Å². The molecule has 0 saturated carbocycles. The summed E-state index contributed by atoms with van der Waals surface area (Å²) in [5, 5.41) is 6.04. The highest BCUT2D eigenvalue weighted by molar-refractivity contribution is 6.05. The van der Waals surface area contributed by atoms with Crippen molar-refractivity contribution < 1.29 is 28.2 Å². The molecule has 0 aromatic heterocycles. The van der Waals surface area contributed by atoms with Crippen LogP contribution in [0, 0.1) is 11.7 Å². The van der Waals surface area contributed by atoms with Crippen LogP contribution in [0.15, 0.2) is 12.1 Å². The summed E-state index contributed by atoms with van der Waals surface area (Å²) in [6.45, 7) is 4.51. The molecule has 0 spiro atoms. The molecule has 9 heteroatoms. The van der Waals surface area contributed by atoms with Crippen LogP contribution in [0.5, 0.6) is 0 Å². The molecule has 4 heterocycles. The first kappa shape index (κ1) is 24.3. The topological polar surface area (TPSA) is 97.0 Å². The minimum atomic E-state index is -0.752. The summed E-state index contributed by atoms with van der Waals surface area (Å²) < 4.78 is 27.3. The molecule has 3 amide bonds. The highest BCUT2D eigenvalue weighted by Crippen LogP contribution is 2.32. The molecule has 2 N–H and O–H groups in total. The van der Waals surface area contributed by atoms with E-state index in [4.69, 9.17) is 9.47 Å². The Morgan fingerprint density at radius 2 is 1.94 bits per heavy atom. The Morgan fingerprint density at radius 1 is 1.14 bits per heavy atom. The van der Waals surface area contributed by atoms with Gasteiger partial charge in [0.15, 0.2) is 0 Å². The molecule has 35 heavy (non-hydrogen) atoms. The third-order valence-corrected chi connectivity index (χ3v) is 8.04. The van der Waals surface area contributed by atoms with Gasteiger partial charge in [0, 0.05) is 55.9 Å². The molecule has 3 fully saturated rings. The second kappa shape index (κ2) is 10.3. The van der Waals surface area contributed by atoms with E-state index < -0.39 is 17.8 Å². The number of amides is 3. The number of hydrogen-bond donors (Lipinski definition) is 2. The fourth-order valence-electron chi connectivity index (χ4n) is 5.95. The summed E-state index contributed by atoms with van der Waals surface area (Å²) >= 11 is 0. The van der Waals surface area contributed by atoms with Gasteiger partial charge in [0.25, 0.3) is 5.91 Å². The zero-order valence-electron chi connectivity index (χ0n) is 20.2. The lowest BCUT2D eigenvalue weighted by molar-refractivity contribution is -0.136. The first-order valence-corrected chi connectivity index (χ1v) is 12.8. The van der Waals surface area contributed by atoms with Gasteiger partial charge in [-0.1, -0.05) is 6.07 Å². The summed E-state index contributed by atoms with van der Waals surface area (Å²) in [6, 6.07) is 3.06. The van der Waals surface area contributed by atoms with E-state index in [1.54, 1.807) is 12.1 Å². The largest absolute Gasteiger partial charge is 0.381 e. The van der Waals surface area contributed by atoms with Crippen molar-refractivity contribution >= 4 is 17.7 Å². The van der Waals surface area contributed by atoms with Crippen LogP contribution < -0.4 is 10.6 Å². The second-order valence-corrected chi connectivity index (χ2v) is 10.2. The van der Waals surface area contributed by atoms with Crippen molar-refractivity contribution in [3.8, 4) is 0 Å². The quantitative estimate of drug-likeness (QED) is 0.597. The number of rotatable bonds is 6. The first-order chi connectivity index (χ1) is 16.9. The van der Waals surface area contributed by atoms with Gasteiger partial charge in [-0.15, -0.1) is 0 Å². The predicted octanol–water partition coefficient (Wildman–Crippen LogP) is 2.08. The van der Waals surface area contributed by atoms with Crippen molar-refractivity contribution in [2.45, 2.75) is 82.6 Å². The van der Waals surface area contributed by atoms with Crippen LogP contribution in [0.1, 0.15) is 66.9 Å². The Bertz CT molecular complexity index is 995. The number of carbonyl (C=O) groups is 3. The number of fused-ring (bicyclic) bond motifs is 1. The van der Waals surface area contributed by atoms with Gasteiger partial charge in [0.05, 0.1) is 12.6 Å². The van der Waals surface area contributed by atoms with Gasteiger partial charge in [0.2, 0.25) is 11.8 Å². The maximum absolute atomic E-state index is 15.7. The number of piperidine rings is 1. The molecule has 5 rings (SSSR count). The Hall–Kier alpha value is -2.36. The average molecular weight is 488 g/mol. The Balaban J connectivity index is 1.28. The molecular weight excluding hydrogens is 453 g/mol. The Morgan fingerprint density at radius 3 is 2.71 bits per heavy atom. The van der Waals surface area contributed by atoms with Crippen LogP contribution in [0.25, 0.3) is 0 Å². The molecule has 0 radical (unpaired) electrons. The third-order valence-electron chi connectivity index (χ3n) is 8.04. The third kappa shape index (κ3) is 4.99. The van der Waals surface area contributed by atoms with E-state index in [0.717, 1.165) is 38.9 Å². The average Bonchev–Trinajstić information content (AvgIpc) is 3.19. The van der Waals surface area contributed by atoms with Crippen LogP contribution >= 0.6 is 0 Å². The molecule has 0 bridgehead atoms. The molecule has 1 aromatic rings. The van der Waals surface area contributed by atoms with E-state index >= 15 is 4.39 Å². The lowest BCUT2D eigenvalue weighted by atomic mass is 9.89. The zero-order chi connectivity index (χ0) is 24.5. The minimum Gasteiger partial charge on any atom is -0.381 e. The minimum absolute atomic E-state index is 0.0358. The molecule has 190 valence electrons. The summed E-state index contributed by atoms with van der Waals surface area (Å²) in [5.41, 5.74) is 1.15. The molecule has 1 aromatic carbocycles. The molecule has 2 unspecified atom stereocenters. The van der Waals surface area contributed by atoms with Crippen molar-refractivity contribution in [1.82, 2.24) is 15.5 Å². The molecule has 4 aliphatic heterocycles. The normalized spacial score (nSPS) is 28.7. The van der Waals surface area contributed by atoms with Gasteiger partial charge in [-0.2, -0.15) is 0 Å². The van der Waals surface area contributed by atoms with Crippen LogP contribution in [0.4, 0.5) is 4.39 Å². The Kier molecular flexibility index (Phi) is 7.18. The maximum atomic E-state index is 15.7. The summed E-state index contributed by atoms with van der Waals surface area (Å²) in [7, 11) is 0. The van der Waals surface area contributed by atoms with Gasteiger partial charge in [-0.3, -0.25) is 19.7 Å². The summed E-state index contributed by atoms with van der Waals surface area (Å²) in [5.74, 6) is -1.03. The van der Waals surface area contributed by atoms with Gasteiger partial charge in [0.1, 0.15) is 11.9 Å². The van der Waals surface area contributed by atoms with Crippen molar-refractivity contribution in [2.24, 2.45) is 5.92 Å². The number of carbonyl (C=O) groups excluding carboxylic acids is 3. The second-order valence-electron chi connectivity index (χ2n) is 10.2. The molecule has 4 aliphatic rings. The number of ether oxygens (including phenoxy) is 2. The van der Waals surface area contributed by atoms with Crippen LogP contribution in [0.2, 0.25) is 0 Å². The van der Waals surface area contributed by atoms with Crippen LogP contribution in [-0.2, 0) is 32.0 Å². The monoisotopic (exact) mass is 487 g/mol. The van der Waals surface area contributed by atoms with Crippen molar-refractivity contribution in [3.05, 3.63) is 34.6 Å². The van der Waals surface area contributed by atoms with Crippen molar-refractivity contribution in [1.29, 1.82) is 0 Å². The number of nitrogens with zero attached hydrogens (tertiary/aromatic N) is 1. The van der Waals surface area contributed by atoms with E-state index in [1.807, 2.05) is 0 Å².